The van der Waals surface area contributed by atoms with Crippen molar-refractivity contribution in [2.24, 2.45) is 11.1 Å². The summed E-state index contributed by atoms with van der Waals surface area (Å²) in [5, 5.41) is 2.97. The maximum Gasteiger partial charge on any atom is 0.241 e. The van der Waals surface area contributed by atoms with Gasteiger partial charge in [-0.2, -0.15) is 0 Å². The molecule has 5 nitrogen and oxygen atoms in total. The smallest absolute Gasteiger partial charge is 0.241 e. The third kappa shape index (κ3) is 2.93. The van der Waals surface area contributed by atoms with E-state index in [2.05, 4.69) is 5.32 Å². The van der Waals surface area contributed by atoms with Crippen molar-refractivity contribution in [3.63, 3.8) is 0 Å². The van der Waals surface area contributed by atoms with Crippen LogP contribution in [0.15, 0.2) is 0 Å². The highest BCUT2D eigenvalue weighted by Crippen LogP contribution is 2.49. The molecular weight excluding hydrogens is 244 g/mol. The Morgan fingerprint density at radius 1 is 1.47 bits per heavy atom. The van der Waals surface area contributed by atoms with E-state index in [4.69, 9.17) is 15.2 Å². The second-order valence-corrected chi connectivity index (χ2v) is 6.61. The number of methoxy groups -OCH3 is 1. The monoisotopic (exact) mass is 272 g/mol. The minimum Gasteiger partial charge on any atom is -0.382 e. The van der Waals surface area contributed by atoms with Crippen molar-refractivity contribution in [1.82, 2.24) is 5.32 Å². The number of carbonyl (C=O) groups excluding carboxylic acids is 1. The topological polar surface area (TPSA) is 73.6 Å². The first kappa shape index (κ1) is 16.4. The minimum atomic E-state index is -0.877. The van der Waals surface area contributed by atoms with Crippen LogP contribution in [0.4, 0.5) is 0 Å². The van der Waals surface area contributed by atoms with Crippen molar-refractivity contribution in [1.29, 1.82) is 0 Å². The molecule has 1 fully saturated rings. The summed E-state index contributed by atoms with van der Waals surface area (Å²) < 4.78 is 10.7. The highest BCUT2D eigenvalue weighted by atomic mass is 16.5. The molecule has 19 heavy (non-hydrogen) atoms. The van der Waals surface area contributed by atoms with Crippen LogP contribution in [0, 0.1) is 5.41 Å². The van der Waals surface area contributed by atoms with E-state index in [1.165, 1.54) is 0 Å². The number of hydrogen-bond acceptors (Lipinski definition) is 4. The molecule has 1 aliphatic carbocycles. The zero-order valence-electron chi connectivity index (χ0n) is 13.0. The molecule has 0 aromatic heterocycles. The third-order valence-electron chi connectivity index (χ3n) is 4.19. The molecule has 2 unspecified atom stereocenters. The summed E-state index contributed by atoms with van der Waals surface area (Å²) in [5.41, 5.74) is 4.65. The van der Waals surface area contributed by atoms with Crippen LogP contribution < -0.4 is 11.1 Å². The lowest BCUT2D eigenvalue weighted by molar-refractivity contribution is -0.172. The summed E-state index contributed by atoms with van der Waals surface area (Å²) in [6, 6.07) is 0. The Bertz CT molecular complexity index is 342. The highest BCUT2D eigenvalue weighted by Gasteiger charge is 2.63. The van der Waals surface area contributed by atoms with Crippen LogP contribution in [0.1, 0.15) is 41.0 Å². The lowest BCUT2D eigenvalue weighted by Gasteiger charge is -2.58. The van der Waals surface area contributed by atoms with E-state index < -0.39 is 11.1 Å². The van der Waals surface area contributed by atoms with Crippen LogP contribution in [0.25, 0.3) is 0 Å². The molecule has 1 rings (SSSR count). The normalized spacial score (nSPS) is 29.7. The standard InChI is InChI=1S/C14H28N2O3/c1-7-19-10-8-14(15,13(10,4)5)11(17)16-12(2,3)9-18-6/h10H,7-9,15H2,1-6H3,(H,16,17). The van der Waals surface area contributed by atoms with Gasteiger partial charge in [0.05, 0.1) is 18.2 Å². The maximum absolute atomic E-state index is 12.5. The average molecular weight is 272 g/mol. The molecule has 1 aliphatic rings. The van der Waals surface area contributed by atoms with Gasteiger partial charge in [0.1, 0.15) is 5.54 Å². The quantitative estimate of drug-likeness (QED) is 0.758. The number of rotatable bonds is 6. The predicted molar refractivity (Wildman–Crippen MR) is 74.8 cm³/mol. The molecule has 3 N–H and O–H groups in total. The number of ether oxygens (including phenoxy) is 2. The molecule has 112 valence electrons. The lowest BCUT2D eigenvalue weighted by atomic mass is 9.54. The fraction of sp³-hybridized carbons (Fsp3) is 0.929. The molecule has 0 aromatic rings. The first-order valence-electron chi connectivity index (χ1n) is 6.83. The van der Waals surface area contributed by atoms with Gasteiger partial charge in [-0.25, -0.2) is 0 Å². The van der Waals surface area contributed by atoms with Crippen molar-refractivity contribution in [2.75, 3.05) is 20.3 Å². The lowest BCUT2D eigenvalue weighted by Crippen LogP contribution is -2.77. The molecule has 0 aliphatic heterocycles. The molecule has 0 radical (unpaired) electrons. The van der Waals surface area contributed by atoms with Crippen molar-refractivity contribution < 1.29 is 14.3 Å². The van der Waals surface area contributed by atoms with E-state index in [9.17, 15) is 4.79 Å². The van der Waals surface area contributed by atoms with Gasteiger partial charge in [0.15, 0.2) is 0 Å². The van der Waals surface area contributed by atoms with Crippen molar-refractivity contribution in [3.05, 3.63) is 0 Å². The van der Waals surface area contributed by atoms with Gasteiger partial charge >= 0.3 is 0 Å². The summed E-state index contributed by atoms with van der Waals surface area (Å²) in [4.78, 5) is 12.5. The fourth-order valence-electron chi connectivity index (χ4n) is 2.64. The molecule has 0 saturated heterocycles. The summed E-state index contributed by atoms with van der Waals surface area (Å²) >= 11 is 0. The first-order chi connectivity index (χ1) is 8.60. The Balaban J connectivity index is 2.73. The third-order valence-corrected chi connectivity index (χ3v) is 4.19. The summed E-state index contributed by atoms with van der Waals surface area (Å²) in [6.07, 6.45) is 0.599. The largest absolute Gasteiger partial charge is 0.382 e. The number of carbonyl (C=O) groups is 1. The van der Waals surface area contributed by atoms with E-state index in [1.807, 2.05) is 34.6 Å². The first-order valence-corrected chi connectivity index (χ1v) is 6.83. The van der Waals surface area contributed by atoms with Gasteiger partial charge in [0.25, 0.3) is 0 Å². The van der Waals surface area contributed by atoms with Gasteiger partial charge in [0.2, 0.25) is 5.91 Å². The fourth-order valence-corrected chi connectivity index (χ4v) is 2.64. The zero-order valence-corrected chi connectivity index (χ0v) is 13.0. The molecule has 2 atom stereocenters. The zero-order chi connectivity index (χ0) is 14.9. The molecule has 0 heterocycles. The second-order valence-electron chi connectivity index (χ2n) is 6.61. The van der Waals surface area contributed by atoms with Crippen molar-refractivity contribution >= 4 is 5.91 Å². The van der Waals surface area contributed by atoms with E-state index in [1.54, 1.807) is 7.11 Å². The Morgan fingerprint density at radius 2 is 2.05 bits per heavy atom. The van der Waals surface area contributed by atoms with Crippen LogP contribution in [0.2, 0.25) is 0 Å². The molecule has 1 amide bonds. The molecular formula is C14H28N2O3. The van der Waals surface area contributed by atoms with Gasteiger partial charge in [-0.3, -0.25) is 4.79 Å². The Morgan fingerprint density at radius 3 is 2.47 bits per heavy atom. The van der Waals surface area contributed by atoms with Crippen LogP contribution in [0.3, 0.4) is 0 Å². The number of hydrogen-bond donors (Lipinski definition) is 2. The van der Waals surface area contributed by atoms with Gasteiger partial charge < -0.3 is 20.5 Å². The van der Waals surface area contributed by atoms with Gasteiger partial charge in [-0.05, 0) is 20.8 Å². The highest BCUT2D eigenvalue weighted by molar-refractivity contribution is 5.89. The number of amides is 1. The van der Waals surface area contributed by atoms with E-state index in [0.29, 0.717) is 19.6 Å². The van der Waals surface area contributed by atoms with Crippen molar-refractivity contribution in [2.45, 2.75) is 58.2 Å². The Kier molecular flexibility index (Phi) is 4.65. The van der Waals surface area contributed by atoms with Crippen LogP contribution in [-0.2, 0) is 14.3 Å². The summed E-state index contributed by atoms with van der Waals surface area (Å²) in [7, 11) is 1.62. The molecule has 5 heteroatoms. The average Bonchev–Trinajstić information content (AvgIpc) is 2.27. The number of nitrogens with one attached hydrogen (secondary N) is 1. The van der Waals surface area contributed by atoms with E-state index in [-0.39, 0.29) is 17.4 Å². The molecule has 0 spiro atoms. The van der Waals surface area contributed by atoms with Crippen molar-refractivity contribution in [3.8, 4) is 0 Å². The SMILES string of the molecule is CCOC1CC(N)(C(=O)NC(C)(C)COC)C1(C)C. The maximum atomic E-state index is 12.5. The van der Waals surface area contributed by atoms with Gasteiger partial charge in [-0.1, -0.05) is 13.8 Å². The van der Waals surface area contributed by atoms with Gasteiger partial charge in [0, 0.05) is 25.6 Å². The Hall–Kier alpha value is -0.650. The van der Waals surface area contributed by atoms with Crippen LogP contribution >= 0.6 is 0 Å². The predicted octanol–water partition coefficient (Wildman–Crippen LogP) is 1.06. The van der Waals surface area contributed by atoms with Crippen LogP contribution in [0.5, 0.6) is 0 Å². The Labute approximate surface area is 116 Å². The molecule has 0 bridgehead atoms. The van der Waals surface area contributed by atoms with E-state index >= 15 is 0 Å². The minimum absolute atomic E-state index is 0.0405. The number of nitrogens with two attached hydrogens (primary N) is 1. The molecule has 1 saturated carbocycles. The van der Waals surface area contributed by atoms with Gasteiger partial charge in [-0.15, -0.1) is 0 Å². The summed E-state index contributed by atoms with van der Waals surface area (Å²) in [6.45, 7) is 10.9. The second kappa shape index (κ2) is 5.38. The molecule has 0 aromatic carbocycles. The van der Waals surface area contributed by atoms with E-state index in [0.717, 1.165) is 0 Å². The van der Waals surface area contributed by atoms with Crippen LogP contribution in [-0.4, -0.2) is 43.4 Å². The summed E-state index contributed by atoms with van der Waals surface area (Å²) in [5.74, 6) is -0.129.